The van der Waals surface area contributed by atoms with Crippen LogP contribution in [0.15, 0.2) is 48.5 Å². The number of aliphatic hydroxyl groups is 2. The van der Waals surface area contributed by atoms with Crippen molar-refractivity contribution in [3.05, 3.63) is 70.4 Å². The molecule has 26 heavy (non-hydrogen) atoms. The summed E-state index contributed by atoms with van der Waals surface area (Å²) >= 11 is 1.66. The van der Waals surface area contributed by atoms with Gasteiger partial charge in [0.1, 0.15) is 18.0 Å². The average Bonchev–Trinajstić information content (AvgIpc) is 3.02. The zero-order chi connectivity index (χ0) is 18.3. The van der Waals surface area contributed by atoms with Crippen LogP contribution < -0.4 is 0 Å². The minimum atomic E-state index is -1.01. The number of ether oxygens (including phenoxy) is 1. The van der Waals surface area contributed by atoms with Gasteiger partial charge in [-0.3, -0.25) is 0 Å². The van der Waals surface area contributed by atoms with Gasteiger partial charge >= 0.3 is 0 Å². The number of fused-ring (bicyclic) bond motifs is 1. The second kappa shape index (κ2) is 7.08. The number of aliphatic hydroxyl groups excluding tert-OH is 2. The van der Waals surface area contributed by atoms with Gasteiger partial charge in [-0.05, 0) is 47.7 Å². The number of hydrogen-bond acceptors (Lipinski definition) is 4. The van der Waals surface area contributed by atoms with E-state index in [1.165, 1.54) is 10.8 Å². The Morgan fingerprint density at radius 2 is 1.96 bits per heavy atom. The molecule has 0 spiro atoms. The van der Waals surface area contributed by atoms with Crippen LogP contribution in [-0.4, -0.2) is 28.5 Å². The predicted octanol–water partition coefficient (Wildman–Crippen LogP) is 4.20. The molecule has 0 aliphatic carbocycles. The Kier molecular flexibility index (Phi) is 4.80. The highest BCUT2D eigenvalue weighted by Crippen LogP contribution is 2.34. The summed E-state index contributed by atoms with van der Waals surface area (Å²) in [6.07, 6.45) is -1.76. The minimum absolute atomic E-state index is 0.158. The van der Waals surface area contributed by atoms with Crippen molar-refractivity contribution in [2.45, 2.75) is 44.2 Å². The Bertz CT molecular complexity index is 890. The van der Waals surface area contributed by atoms with Crippen LogP contribution in [-0.2, 0) is 11.2 Å². The molecule has 2 N–H and O–H groups in total. The summed E-state index contributed by atoms with van der Waals surface area (Å²) in [5.74, 6) is -0.273. The molecule has 0 radical (unpaired) electrons. The standard InChI is InChI=1S/C21H21FO3S/c1-12-8-18(23)20(24)21(25-12)14-6-7-17(22)15(9-14)11-16-10-13-4-2-3-5-19(13)26-16/h2-7,9-10,12,18,20-21,23-24H,8,11H2,1H3/t12-,18+,20-,21+/m1/s1. The maximum atomic E-state index is 14.4. The molecular formula is C21H21FO3S. The van der Waals surface area contributed by atoms with Crippen LogP contribution in [0.4, 0.5) is 4.39 Å². The van der Waals surface area contributed by atoms with Gasteiger partial charge < -0.3 is 14.9 Å². The van der Waals surface area contributed by atoms with Gasteiger partial charge in [0.15, 0.2) is 0 Å². The van der Waals surface area contributed by atoms with Crippen molar-refractivity contribution in [3.8, 4) is 0 Å². The van der Waals surface area contributed by atoms with Crippen molar-refractivity contribution in [1.29, 1.82) is 0 Å². The molecule has 0 bridgehead atoms. The molecule has 2 heterocycles. The lowest BCUT2D eigenvalue weighted by Crippen LogP contribution is -2.42. The molecule has 5 heteroatoms. The molecule has 3 nitrogen and oxygen atoms in total. The third kappa shape index (κ3) is 3.40. The Hall–Kier alpha value is -1.79. The number of thiophene rings is 1. The highest BCUT2D eigenvalue weighted by atomic mass is 32.1. The van der Waals surface area contributed by atoms with E-state index in [4.69, 9.17) is 4.74 Å². The fraction of sp³-hybridized carbons (Fsp3) is 0.333. The van der Waals surface area contributed by atoms with Gasteiger partial charge in [0, 0.05) is 22.4 Å². The van der Waals surface area contributed by atoms with E-state index >= 15 is 0 Å². The Labute approximate surface area is 155 Å². The van der Waals surface area contributed by atoms with Crippen molar-refractivity contribution in [1.82, 2.24) is 0 Å². The SMILES string of the molecule is C[C@@H]1C[C@H](O)[C@@H](O)[C@H](c2ccc(F)c(Cc3cc4ccccc4s3)c2)O1. The van der Waals surface area contributed by atoms with E-state index in [2.05, 4.69) is 18.2 Å². The van der Waals surface area contributed by atoms with Gasteiger partial charge in [0.25, 0.3) is 0 Å². The van der Waals surface area contributed by atoms with E-state index in [0.29, 0.717) is 24.0 Å². The van der Waals surface area contributed by atoms with Gasteiger partial charge in [0.05, 0.1) is 12.2 Å². The molecular weight excluding hydrogens is 351 g/mol. The second-order valence-electron chi connectivity index (χ2n) is 6.94. The van der Waals surface area contributed by atoms with E-state index in [0.717, 1.165) is 10.3 Å². The highest BCUT2D eigenvalue weighted by Gasteiger charge is 2.36. The number of halogens is 1. The molecule has 1 fully saturated rings. The largest absolute Gasteiger partial charge is 0.390 e. The lowest BCUT2D eigenvalue weighted by molar-refractivity contribution is -0.166. The smallest absolute Gasteiger partial charge is 0.126 e. The number of hydrogen-bond donors (Lipinski definition) is 2. The monoisotopic (exact) mass is 372 g/mol. The van der Waals surface area contributed by atoms with Gasteiger partial charge in [-0.25, -0.2) is 4.39 Å². The normalized spacial score (nSPS) is 26.3. The van der Waals surface area contributed by atoms with Crippen LogP contribution in [0.25, 0.3) is 10.1 Å². The summed E-state index contributed by atoms with van der Waals surface area (Å²) in [5.41, 5.74) is 1.26. The molecule has 1 aliphatic rings. The van der Waals surface area contributed by atoms with Crippen LogP contribution >= 0.6 is 11.3 Å². The third-order valence-corrected chi connectivity index (χ3v) is 6.01. The number of benzene rings is 2. The first kappa shape index (κ1) is 17.6. The van der Waals surface area contributed by atoms with Crippen molar-refractivity contribution >= 4 is 21.4 Å². The topological polar surface area (TPSA) is 49.7 Å². The zero-order valence-electron chi connectivity index (χ0n) is 14.4. The summed E-state index contributed by atoms with van der Waals surface area (Å²) in [6.45, 7) is 1.86. The first-order valence-corrected chi connectivity index (χ1v) is 9.60. The van der Waals surface area contributed by atoms with Gasteiger partial charge in [-0.2, -0.15) is 0 Å². The van der Waals surface area contributed by atoms with E-state index in [1.54, 1.807) is 23.5 Å². The molecule has 0 amide bonds. The lowest BCUT2D eigenvalue weighted by Gasteiger charge is -2.36. The second-order valence-corrected chi connectivity index (χ2v) is 8.11. The van der Waals surface area contributed by atoms with Crippen LogP contribution in [0.3, 0.4) is 0 Å². The highest BCUT2D eigenvalue weighted by molar-refractivity contribution is 7.19. The van der Waals surface area contributed by atoms with Crippen LogP contribution in [0.2, 0.25) is 0 Å². The third-order valence-electron chi connectivity index (χ3n) is 4.90. The Morgan fingerprint density at radius 3 is 2.77 bits per heavy atom. The van der Waals surface area contributed by atoms with Crippen molar-refractivity contribution < 1.29 is 19.3 Å². The quantitative estimate of drug-likeness (QED) is 0.724. The maximum absolute atomic E-state index is 14.4. The van der Waals surface area contributed by atoms with Gasteiger partial charge in [0.2, 0.25) is 0 Å². The Morgan fingerprint density at radius 1 is 1.15 bits per heavy atom. The minimum Gasteiger partial charge on any atom is -0.390 e. The van der Waals surface area contributed by atoms with Crippen molar-refractivity contribution in [2.75, 3.05) is 0 Å². The van der Waals surface area contributed by atoms with E-state index in [-0.39, 0.29) is 11.9 Å². The van der Waals surface area contributed by atoms with E-state index in [9.17, 15) is 14.6 Å². The summed E-state index contributed by atoms with van der Waals surface area (Å²) in [5, 5.41) is 21.5. The molecule has 1 saturated heterocycles. The summed E-state index contributed by atoms with van der Waals surface area (Å²) in [7, 11) is 0. The number of rotatable bonds is 3. The zero-order valence-corrected chi connectivity index (χ0v) is 15.2. The van der Waals surface area contributed by atoms with Crippen LogP contribution in [0.5, 0.6) is 0 Å². The summed E-state index contributed by atoms with van der Waals surface area (Å²) in [4.78, 5) is 1.08. The van der Waals surface area contributed by atoms with E-state index in [1.807, 2.05) is 19.1 Å². The fourth-order valence-corrected chi connectivity index (χ4v) is 4.65. The molecule has 4 atom stereocenters. The molecule has 0 unspecified atom stereocenters. The van der Waals surface area contributed by atoms with Crippen molar-refractivity contribution in [3.63, 3.8) is 0 Å². The fourth-order valence-electron chi connectivity index (χ4n) is 3.56. The molecule has 4 rings (SSSR count). The van der Waals surface area contributed by atoms with Crippen molar-refractivity contribution in [2.24, 2.45) is 0 Å². The van der Waals surface area contributed by atoms with Gasteiger partial charge in [-0.15, -0.1) is 11.3 Å². The lowest BCUT2D eigenvalue weighted by atomic mass is 9.92. The molecule has 136 valence electrons. The summed E-state index contributed by atoms with van der Waals surface area (Å²) in [6, 6.07) is 15.0. The molecule has 0 saturated carbocycles. The first-order valence-electron chi connectivity index (χ1n) is 8.78. The predicted molar refractivity (Wildman–Crippen MR) is 101 cm³/mol. The molecule has 1 aliphatic heterocycles. The van der Waals surface area contributed by atoms with Gasteiger partial charge in [-0.1, -0.05) is 24.3 Å². The first-order chi connectivity index (χ1) is 12.5. The summed E-state index contributed by atoms with van der Waals surface area (Å²) < 4.78 is 21.4. The molecule has 2 aromatic carbocycles. The van der Waals surface area contributed by atoms with Crippen LogP contribution in [0.1, 0.15) is 35.5 Å². The average molecular weight is 372 g/mol. The van der Waals surface area contributed by atoms with E-state index < -0.39 is 18.3 Å². The van der Waals surface area contributed by atoms with Crippen LogP contribution in [0, 0.1) is 5.82 Å². The molecule has 1 aromatic heterocycles. The maximum Gasteiger partial charge on any atom is 0.126 e. The molecule has 3 aromatic rings. The Balaban J connectivity index is 1.63.